The maximum atomic E-state index is 3.89. The van der Waals surface area contributed by atoms with Gasteiger partial charge in [0.1, 0.15) is 0 Å². The second-order valence-corrected chi connectivity index (χ2v) is 5.61. The van der Waals surface area contributed by atoms with E-state index in [2.05, 4.69) is 40.7 Å². The molecule has 0 aliphatic carbocycles. The van der Waals surface area contributed by atoms with Crippen LogP contribution >= 0.6 is 0 Å². The molecule has 1 radical (unpaired) electrons. The number of rotatable bonds is 7. The molecular weight excluding hydrogens is 216 g/mol. The van der Waals surface area contributed by atoms with Crippen molar-refractivity contribution in [3.63, 3.8) is 0 Å². The van der Waals surface area contributed by atoms with Crippen molar-refractivity contribution in [1.29, 1.82) is 0 Å². The average Bonchev–Trinajstić information content (AvgIpc) is 2.35. The quantitative estimate of drug-likeness (QED) is 0.545. The molecule has 0 bridgehead atoms. The molecule has 101 valence electrons. The number of hydrogen-bond donors (Lipinski definition) is 0. The van der Waals surface area contributed by atoms with Gasteiger partial charge in [-0.15, -0.1) is 0 Å². The SMILES string of the molecule is [CH2]CCCCCCCc1c(C)c(C)cc(C)c1C. The average molecular weight is 245 g/mol. The molecule has 0 saturated heterocycles. The Balaban J connectivity index is 2.52. The first-order chi connectivity index (χ1) is 8.57. The third-order valence-electron chi connectivity index (χ3n) is 4.20. The van der Waals surface area contributed by atoms with E-state index < -0.39 is 0 Å². The lowest BCUT2D eigenvalue weighted by Gasteiger charge is -2.15. The molecule has 0 N–H and O–H groups in total. The van der Waals surface area contributed by atoms with Crippen LogP contribution in [0.2, 0.25) is 0 Å². The van der Waals surface area contributed by atoms with Gasteiger partial charge in [0.15, 0.2) is 0 Å². The van der Waals surface area contributed by atoms with Crippen molar-refractivity contribution >= 4 is 0 Å². The van der Waals surface area contributed by atoms with E-state index in [0.29, 0.717) is 0 Å². The van der Waals surface area contributed by atoms with E-state index in [1.807, 2.05) is 0 Å². The van der Waals surface area contributed by atoms with Crippen molar-refractivity contribution in [2.24, 2.45) is 0 Å². The molecule has 1 aromatic rings. The Morgan fingerprint density at radius 3 is 1.83 bits per heavy atom. The van der Waals surface area contributed by atoms with Crippen LogP contribution in [0.3, 0.4) is 0 Å². The van der Waals surface area contributed by atoms with Gasteiger partial charge in [0, 0.05) is 0 Å². The van der Waals surface area contributed by atoms with Gasteiger partial charge in [-0.2, -0.15) is 0 Å². The predicted octanol–water partition coefficient (Wildman–Crippen LogP) is 5.64. The molecule has 0 heteroatoms. The van der Waals surface area contributed by atoms with Gasteiger partial charge in [0.05, 0.1) is 0 Å². The molecule has 0 aliphatic rings. The fraction of sp³-hybridized carbons (Fsp3) is 0.611. The molecule has 0 nitrogen and oxygen atoms in total. The normalized spacial score (nSPS) is 10.9. The van der Waals surface area contributed by atoms with Gasteiger partial charge >= 0.3 is 0 Å². The van der Waals surface area contributed by atoms with Crippen LogP contribution in [0.25, 0.3) is 0 Å². The van der Waals surface area contributed by atoms with Gasteiger partial charge in [-0.05, 0) is 68.4 Å². The monoisotopic (exact) mass is 245 g/mol. The lowest BCUT2D eigenvalue weighted by atomic mass is 9.91. The molecule has 1 rings (SSSR count). The maximum Gasteiger partial charge on any atom is -0.0273 e. The highest BCUT2D eigenvalue weighted by molar-refractivity contribution is 5.43. The molecule has 0 heterocycles. The minimum Gasteiger partial charge on any atom is -0.0558 e. The summed E-state index contributed by atoms with van der Waals surface area (Å²) in [7, 11) is 0. The third kappa shape index (κ3) is 4.15. The van der Waals surface area contributed by atoms with E-state index in [9.17, 15) is 0 Å². The van der Waals surface area contributed by atoms with Crippen LogP contribution in [-0.4, -0.2) is 0 Å². The summed E-state index contributed by atoms with van der Waals surface area (Å²) in [6, 6.07) is 2.32. The van der Waals surface area contributed by atoms with Crippen LogP contribution in [0.15, 0.2) is 6.07 Å². The Hall–Kier alpha value is -0.780. The highest BCUT2D eigenvalue weighted by atomic mass is 14.1. The van der Waals surface area contributed by atoms with Crippen molar-refractivity contribution in [2.45, 2.75) is 72.6 Å². The Morgan fingerprint density at radius 1 is 0.778 bits per heavy atom. The molecule has 18 heavy (non-hydrogen) atoms. The highest BCUT2D eigenvalue weighted by Crippen LogP contribution is 2.23. The molecule has 0 saturated carbocycles. The molecule has 1 aromatic carbocycles. The molecule has 0 amide bonds. The van der Waals surface area contributed by atoms with E-state index in [0.717, 1.165) is 6.42 Å². The summed E-state index contributed by atoms with van der Waals surface area (Å²) in [6.07, 6.45) is 9.07. The van der Waals surface area contributed by atoms with E-state index in [4.69, 9.17) is 0 Å². The van der Waals surface area contributed by atoms with Crippen LogP contribution in [0, 0.1) is 34.6 Å². The topological polar surface area (TPSA) is 0 Å². The Kier molecular flexibility index (Phi) is 6.46. The first kappa shape index (κ1) is 15.3. The van der Waals surface area contributed by atoms with Crippen molar-refractivity contribution < 1.29 is 0 Å². The second-order valence-electron chi connectivity index (χ2n) is 5.61. The van der Waals surface area contributed by atoms with Crippen molar-refractivity contribution in [3.8, 4) is 0 Å². The van der Waals surface area contributed by atoms with Gasteiger partial charge in [0.2, 0.25) is 0 Å². The zero-order chi connectivity index (χ0) is 13.5. The lowest BCUT2D eigenvalue weighted by molar-refractivity contribution is 0.615. The summed E-state index contributed by atoms with van der Waals surface area (Å²) < 4.78 is 0. The van der Waals surface area contributed by atoms with E-state index >= 15 is 0 Å². The van der Waals surface area contributed by atoms with Crippen molar-refractivity contribution in [2.75, 3.05) is 0 Å². The molecule has 0 atom stereocenters. The molecule has 0 aliphatic heterocycles. The lowest BCUT2D eigenvalue weighted by Crippen LogP contribution is -1.99. The number of aryl methyl sites for hydroxylation is 2. The predicted molar refractivity (Wildman–Crippen MR) is 82.2 cm³/mol. The fourth-order valence-electron chi connectivity index (χ4n) is 2.68. The standard InChI is InChI=1S/C18H29/c1-6-7-8-9-10-11-12-18-16(4)14(2)13-15(3)17(18)5/h13H,1,6-12H2,2-5H3. The van der Waals surface area contributed by atoms with Gasteiger partial charge in [-0.1, -0.05) is 45.1 Å². The van der Waals surface area contributed by atoms with Crippen LogP contribution in [0.4, 0.5) is 0 Å². The van der Waals surface area contributed by atoms with Crippen LogP contribution in [-0.2, 0) is 6.42 Å². The van der Waals surface area contributed by atoms with E-state index in [1.165, 1.54) is 60.8 Å². The van der Waals surface area contributed by atoms with Gasteiger partial charge in [-0.25, -0.2) is 0 Å². The molecular formula is C18H29. The Morgan fingerprint density at radius 2 is 1.28 bits per heavy atom. The number of unbranched alkanes of at least 4 members (excludes halogenated alkanes) is 5. The second kappa shape index (κ2) is 7.61. The van der Waals surface area contributed by atoms with Gasteiger partial charge < -0.3 is 0 Å². The molecule has 0 spiro atoms. The van der Waals surface area contributed by atoms with Gasteiger partial charge in [-0.3, -0.25) is 0 Å². The van der Waals surface area contributed by atoms with Crippen molar-refractivity contribution in [1.82, 2.24) is 0 Å². The summed E-state index contributed by atoms with van der Waals surface area (Å²) >= 11 is 0. The maximum absolute atomic E-state index is 3.89. The zero-order valence-electron chi connectivity index (χ0n) is 12.7. The molecule has 0 aromatic heterocycles. The fourth-order valence-corrected chi connectivity index (χ4v) is 2.68. The summed E-state index contributed by atoms with van der Waals surface area (Å²) in [4.78, 5) is 0. The van der Waals surface area contributed by atoms with E-state index in [1.54, 1.807) is 5.56 Å². The van der Waals surface area contributed by atoms with Crippen LogP contribution in [0.5, 0.6) is 0 Å². The largest absolute Gasteiger partial charge is 0.0558 e. The third-order valence-corrected chi connectivity index (χ3v) is 4.20. The summed E-state index contributed by atoms with van der Waals surface area (Å²) in [5, 5.41) is 0. The summed E-state index contributed by atoms with van der Waals surface area (Å²) in [5.74, 6) is 0. The van der Waals surface area contributed by atoms with Crippen LogP contribution in [0.1, 0.15) is 66.3 Å². The minimum atomic E-state index is 1.09. The minimum absolute atomic E-state index is 1.09. The highest BCUT2D eigenvalue weighted by Gasteiger charge is 2.07. The van der Waals surface area contributed by atoms with Gasteiger partial charge in [0.25, 0.3) is 0 Å². The first-order valence-electron chi connectivity index (χ1n) is 7.43. The first-order valence-corrected chi connectivity index (χ1v) is 7.43. The number of hydrogen-bond acceptors (Lipinski definition) is 0. The molecule has 0 fully saturated rings. The van der Waals surface area contributed by atoms with E-state index in [-0.39, 0.29) is 0 Å². The van der Waals surface area contributed by atoms with Crippen molar-refractivity contribution in [3.05, 3.63) is 40.8 Å². The summed E-state index contributed by atoms with van der Waals surface area (Å²) in [5.41, 5.74) is 7.52. The zero-order valence-corrected chi connectivity index (χ0v) is 12.7. The number of benzene rings is 1. The Labute approximate surface area is 114 Å². The van der Waals surface area contributed by atoms with Crippen LogP contribution < -0.4 is 0 Å². The molecule has 0 unspecified atom stereocenters. The smallest absolute Gasteiger partial charge is 0.0273 e. The summed E-state index contributed by atoms with van der Waals surface area (Å²) in [6.45, 7) is 12.9. The Bertz CT molecular complexity index is 348.